The normalized spacial score (nSPS) is 19.8. The minimum Gasteiger partial charge on any atom is -0.378 e. The molecule has 0 saturated carbocycles. The third-order valence-corrected chi connectivity index (χ3v) is 4.85. The number of carbonyl (C=O) groups excluding carboxylic acids is 1. The smallest absolute Gasteiger partial charge is 0.258 e. The summed E-state index contributed by atoms with van der Waals surface area (Å²) in [6, 6.07) is 5.00. The summed E-state index contributed by atoms with van der Waals surface area (Å²) in [5.41, 5.74) is 0.755. The summed E-state index contributed by atoms with van der Waals surface area (Å²) in [5, 5.41) is 2.66. The van der Waals surface area contributed by atoms with Gasteiger partial charge in [0.05, 0.1) is 18.8 Å². The van der Waals surface area contributed by atoms with Crippen LogP contribution in [0.4, 0.5) is 16.2 Å². The van der Waals surface area contributed by atoms with E-state index in [-0.39, 0.29) is 23.7 Å². The molecule has 0 aliphatic carbocycles. The topological polar surface area (TPSA) is 87.3 Å². The Bertz CT molecular complexity index is 921. The molecule has 136 valence electrons. The molecule has 7 nitrogen and oxygen atoms in total. The van der Waals surface area contributed by atoms with Crippen molar-refractivity contribution in [3.63, 3.8) is 0 Å². The number of benzene rings is 1. The number of rotatable bonds is 2. The number of hydrogen-bond acceptors (Lipinski definition) is 5. The van der Waals surface area contributed by atoms with Crippen molar-refractivity contribution < 1.29 is 13.9 Å². The largest absolute Gasteiger partial charge is 0.378 e. The number of nitrogens with one attached hydrogen (secondary N) is 2. The molecule has 2 aromatic rings. The molecule has 0 radical (unpaired) electrons. The molecule has 1 aromatic heterocycles. The average Bonchev–Trinajstić information content (AvgIpc) is 2.63. The zero-order valence-corrected chi connectivity index (χ0v) is 14.3. The highest BCUT2D eigenvalue weighted by molar-refractivity contribution is 5.94. The van der Waals surface area contributed by atoms with Crippen LogP contribution in [0.5, 0.6) is 0 Å². The Hall–Kier alpha value is -2.74. The third-order valence-electron chi connectivity index (χ3n) is 4.85. The van der Waals surface area contributed by atoms with Crippen LogP contribution in [-0.2, 0) is 9.53 Å². The zero-order valence-electron chi connectivity index (χ0n) is 14.3. The fourth-order valence-corrected chi connectivity index (χ4v) is 3.49. The molecular weight excluding hydrogens is 339 g/mol. The Morgan fingerprint density at radius 2 is 2.04 bits per heavy atom. The van der Waals surface area contributed by atoms with E-state index in [4.69, 9.17) is 4.74 Å². The molecule has 0 bridgehead atoms. The number of morpholine rings is 1. The van der Waals surface area contributed by atoms with E-state index in [1.807, 2.05) is 4.90 Å². The zero-order chi connectivity index (χ0) is 18.3. The van der Waals surface area contributed by atoms with Crippen LogP contribution in [0.2, 0.25) is 0 Å². The Morgan fingerprint density at radius 3 is 2.81 bits per heavy atom. The molecule has 26 heavy (non-hydrogen) atoms. The van der Waals surface area contributed by atoms with Crippen LogP contribution in [0.3, 0.4) is 0 Å². The van der Waals surface area contributed by atoms with Gasteiger partial charge in [0.2, 0.25) is 11.9 Å². The van der Waals surface area contributed by atoms with Gasteiger partial charge in [0.15, 0.2) is 0 Å². The molecule has 0 unspecified atom stereocenters. The Morgan fingerprint density at radius 1 is 1.27 bits per heavy atom. The Labute approximate surface area is 149 Å². The summed E-state index contributed by atoms with van der Waals surface area (Å²) in [6.45, 7) is 3.96. The first-order chi connectivity index (χ1) is 12.5. The van der Waals surface area contributed by atoms with Crippen molar-refractivity contribution in [2.24, 2.45) is 0 Å². The summed E-state index contributed by atoms with van der Waals surface area (Å²) in [5.74, 6) is -0.738. The number of ether oxygens (including phenoxy) is 1. The molecule has 2 aliphatic rings. The Kier molecular flexibility index (Phi) is 4.20. The molecule has 8 heteroatoms. The standard InChI is InChI=1S/C18H19FN4O3/c1-10-3-2-4-11(15(10)19)12-9-13(24)20-16-14(12)17(25)22-18(21-16)23-5-7-26-8-6-23/h2-4,12H,5-9H2,1H3,(H2,20,21,22,24,25)/t12-/m0/s1. The number of aromatic nitrogens is 2. The first kappa shape index (κ1) is 16.7. The van der Waals surface area contributed by atoms with Crippen molar-refractivity contribution in [3.05, 3.63) is 51.1 Å². The van der Waals surface area contributed by atoms with Crippen LogP contribution >= 0.6 is 0 Å². The lowest BCUT2D eigenvalue weighted by Gasteiger charge is -2.30. The lowest BCUT2D eigenvalue weighted by atomic mass is 9.86. The van der Waals surface area contributed by atoms with E-state index in [9.17, 15) is 14.0 Å². The molecule has 1 fully saturated rings. The first-order valence-electron chi connectivity index (χ1n) is 8.56. The van der Waals surface area contributed by atoms with Gasteiger partial charge in [0.25, 0.3) is 5.56 Å². The monoisotopic (exact) mass is 358 g/mol. The fraction of sp³-hybridized carbons (Fsp3) is 0.389. The van der Waals surface area contributed by atoms with Gasteiger partial charge in [-0.15, -0.1) is 0 Å². The van der Waals surface area contributed by atoms with Crippen molar-refractivity contribution in [1.29, 1.82) is 0 Å². The predicted octanol–water partition coefficient (Wildman–Crippen LogP) is 1.53. The van der Waals surface area contributed by atoms with Crippen molar-refractivity contribution in [3.8, 4) is 0 Å². The van der Waals surface area contributed by atoms with Crippen molar-refractivity contribution in [1.82, 2.24) is 9.97 Å². The van der Waals surface area contributed by atoms with E-state index in [1.54, 1.807) is 25.1 Å². The van der Waals surface area contributed by atoms with Crippen LogP contribution in [0.25, 0.3) is 0 Å². The minimum absolute atomic E-state index is 0.00896. The quantitative estimate of drug-likeness (QED) is 0.850. The number of carbonyl (C=O) groups is 1. The van der Waals surface area contributed by atoms with Gasteiger partial charge in [-0.1, -0.05) is 18.2 Å². The molecule has 3 heterocycles. The maximum Gasteiger partial charge on any atom is 0.258 e. The first-order valence-corrected chi connectivity index (χ1v) is 8.56. The van der Waals surface area contributed by atoms with Crippen molar-refractivity contribution in [2.75, 3.05) is 36.5 Å². The van der Waals surface area contributed by atoms with Gasteiger partial charge in [-0.05, 0) is 18.1 Å². The predicted molar refractivity (Wildman–Crippen MR) is 94.1 cm³/mol. The number of fused-ring (bicyclic) bond motifs is 1. The number of aromatic amines is 1. The van der Waals surface area contributed by atoms with Crippen LogP contribution in [0.1, 0.15) is 29.0 Å². The van der Waals surface area contributed by atoms with Crippen LogP contribution in [0, 0.1) is 12.7 Å². The lowest BCUT2D eigenvalue weighted by molar-refractivity contribution is -0.116. The number of hydrogen-bond donors (Lipinski definition) is 2. The SMILES string of the molecule is Cc1cccc([C@@H]2CC(=O)Nc3nc(N4CCOCC4)[nH]c(=O)c32)c1F. The van der Waals surface area contributed by atoms with Gasteiger partial charge in [0.1, 0.15) is 11.6 Å². The second-order valence-electron chi connectivity index (χ2n) is 6.53. The molecule has 1 saturated heterocycles. The second-order valence-corrected chi connectivity index (χ2v) is 6.53. The van der Waals surface area contributed by atoms with Gasteiger partial charge >= 0.3 is 0 Å². The summed E-state index contributed by atoms with van der Waals surface area (Å²) in [7, 11) is 0. The molecule has 2 aliphatic heterocycles. The van der Waals surface area contributed by atoms with E-state index < -0.39 is 11.7 Å². The van der Waals surface area contributed by atoms with E-state index in [0.717, 1.165) is 0 Å². The molecular formula is C18H19FN4O3. The third kappa shape index (κ3) is 2.86. The van der Waals surface area contributed by atoms with Crippen molar-refractivity contribution >= 4 is 17.7 Å². The van der Waals surface area contributed by atoms with E-state index >= 15 is 0 Å². The second kappa shape index (κ2) is 6.53. The van der Waals surface area contributed by atoms with E-state index in [0.29, 0.717) is 48.9 Å². The van der Waals surface area contributed by atoms with E-state index in [1.165, 1.54) is 0 Å². The number of nitrogens with zero attached hydrogens (tertiary/aromatic N) is 2. The number of aryl methyl sites for hydroxylation is 1. The number of amides is 1. The summed E-state index contributed by atoms with van der Waals surface area (Å²) >= 11 is 0. The van der Waals surface area contributed by atoms with Gasteiger partial charge in [-0.25, -0.2) is 4.39 Å². The minimum atomic E-state index is -0.659. The number of H-pyrrole nitrogens is 1. The highest BCUT2D eigenvalue weighted by Crippen LogP contribution is 2.36. The fourth-order valence-electron chi connectivity index (χ4n) is 3.49. The maximum absolute atomic E-state index is 14.6. The van der Waals surface area contributed by atoms with Gasteiger partial charge in [0, 0.05) is 25.4 Å². The van der Waals surface area contributed by atoms with Gasteiger partial charge < -0.3 is 15.0 Å². The number of anilines is 2. The van der Waals surface area contributed by atoms with Crippen LogP contribution < -0.4 is 15.8 Å². The summed E-state index contributed by atoms with van der Waals surface area (Å²) < 4.78 is 19.9. The van der Waals surface area contributed by atoms with Gasteiger partial charge in [-0.2, -0.15) is 4.98 Å². The summed E-state index contributed by atoms with van der Waals surface area (Å²) in [6.07, 6.45) is 0.00896. The molecule has 1 aromatic carbocycles. The molecule has 4 rings (SSSR count). The lowest BCUT2D eigenvalue weighted by Crippen LogP contribution is -2.40. The molecule has 1 amide bonds. The van der Waals surface area contributed by atoms with Crippen LogP contribution in [0.15, 0.2) is 23.0 Å². The summed E-state index contributed by atoms with van der Waals surface area (Å²) in [4.78, 5) is 34.1. The highest BCUT2D eigenvalue weighted by Gasteiger charge is 2.33. The number of halogens is 1. The Balaban J connectivity index is 1.81. The molecule has 0 spiro atoms. The maximum atomic E-state index is 14.6. The van der Waals surface area contributed by atoms with E-state index in [2.05, 4.69) is 15.3 Å². The van der Waals surface area contributed by atoms with Gasteiger partial charge in [-0.3, -0.25) is 14.6 Å². The highest BCUT2D eigenvalue weighted by atomic mass is 19.1. The van der Waals surface area contributed by atoms with Crippen molar-refractivity contribution in [2.45, 2.75) is 19.3 Å². The average molecular weight is 358 g/mol. The molecule has 1 atom stereocenters. The molecule has 2 N–H and O–H groups in total. The van der Waals surface area contributed by atoms with Crippen LogP contribution in [-0.4, -0.2) is 42.2 Å².